The average Bonchev–Trinajstić information content (AvgIpc) is 2.32. The van der Waals surface area contributed by atoms with E-state index in [2.05, 4.69) is 5.32 Å². The quantitative estimate of drug-likeness (QED) is 0.882. The zero-order valence-electron chi connectivity index (χ0n) is 11.1. The summed E-state index contributed by atoms with van der Waals surface area (Å²) in [4.78, 5) is 11.5. The van der Waals surface area contributed by atoms with Crippen molar-refractivity contribution in [2.24, 2.45) is 5.41 Å². The third kappa shape index (κ3) is 2.20. The molecule has 1 aromatic rings. The monoisotopic (exact) mass is 330 g/mol. The molecule has 21 heavy (non-hydrogen) atoms. The van der Waals surface area contributed by atoms with Crippen LogP contribution in [0.1, 0.15) is 12.8 Å². The predicted molar refractivity (Wildman–Crippen MR) is 76.8 cm³/mol. The standard InChI is InChI=1S/C13H15ClN2O4S/c14-9-1-3-10(4-2-9)21(19,20)16(12(17)18)11-5-6-13(11)7-15-8-13/h1-4,11,15H,5-8H2,(H,17,18). The van der Waals surface area contributed by atoms with Gasteiger partial charge in [-0.05, 0) is 37.1 Å². The summed E-state index contributed by atoms with van der Waals surface area (Å²) < 4.78 is 25.9. The smallest absolute Gasteiger partial charge is 0.421 e. The number of rotatable bonds is 3. The highest BCUT2D eigenvalue weighted by molar-refractivity contribution is 7.89. The SMILES string of the molecule is O=C(O)N(C1CCC12CNC2)S(=O)(=O)c1ccc(Cl)cc1. The van der Waals surface area contributed by atoms with Gasteiger partial charge in [0.25, 0.3) is 10.0 Å². The molecule has 0 radical (unpaired) electrons. The number of amides is 1. The Balaban J connectivity index is 1.97. The van der Waals surface area contributed by atoms with E-state index in [1.54, 1.807) is 0 Å². The highest BCUT2D eigenvalue weighted by Gasteiger charge is 2.57. The summed E-state index contributed by atoms with van der Waals surface area (Å²) in [6.45, 7) is 1.33. The summed E-state index contributed by atoms with van der Waals surface area (Å²) in [6.07, 6.45) is -0.00769. The first kappa shape index (κ1) is 14.6. The summed E-state index contributed by atoms with van der Waals surface area (Å²) in [5.74, 6) is 0. The normalized spacial score (nSPS) is 23.2. The van der Waals surface area contributed by atoms with E-state index in [9.17, 15) is 18.3 Å². The fourth-order valence-electron chi connectivity index (χ4n) is 3.03. The molecule has 6 nitrogen and oxygen atoms in total. The molecule has 3 rings (SSSR count). The lowest BCUT2D eigenvalue weighted by molar-refractivity contribution is -0.0244. The molecule has 1 aromatic carbocycles. The fraction of sp³-hybridized carbons (Fsp3) is 0.462. The molecule has 1 spiro atoms. The molecule has 1 aliphatic heterocycles. The van der Waals surface area contributed by atoms with E-state index in [1.807, 2.05) is 0 Å². The van der Waals surface area contributed by atoms with E-state index in [-0.39, 0.29) is 10.3 Å². The second kappa shape index (κ2) is 4.86. The lowest BCUT2D eigenvalue weighted by Gasteiger charge is -2.58. The van der Waals surface area contributed by atoms with Gasteiger partial charge in [0.2, 0.25) is 0 Å². The first-order valence-corrected chi connectivity index (χ1v) is 8.42. The molecule has 1 saturated carbocycles. The lowest BCUT2D eigenvalue weighted by Crippen LogP contribution is -2.70. The van der Waals surface area contributed by atoms with Crippen LogP contribution in [0.25, 0.3) is 0 Å². The molecule has 1 amide bonds. The van der Waals surface area contributed by atoms with Crippen molar-refractivity contribution in [2.45, 2.75) is 23.8 Å². The molecule has 0 bridgehead atoms. The summed E-state index contributed by atoms with van der Waals surface area (Å²) in [7, 11) is -4.08. The molecular weight excluding hydrogens is 316 g/mol. The third-order valence-electron chi connectivity index (χ3n) is 4.42. The molecule has 1 unspecified atom stereocenters. The maximum atomic E-state index is 12.6. The van der Waals surface area contributed by atoms with Gasteiger partial charge in [-0.1, -0.05) is 11.6 Å². The summed E-state index contributed by atoms with van der Waals surface area (Å²) in [5, 5.41) is 12.9. The van der Waals surface area contributed by atoms with E-state index in [0.717, 1.165) is 6.42 Å². The molecule has 2 N–H and O–H groups in total. The number of hydrogen-bond donors (Lipinski definition) is 2. The van der Waals surface area contributed by atoms with Crippen molar-refractivity contribution in [3.8, 4) is 0 Å². The molecule has 8 heteroatoms. The van der Waals surface area contributed by atoms with E-state index in [4.69, 9.17) is 11.6 Å². The number of hydrogen-bond acceptors (Lipinski definition) is 4. The largest absolute Gasteiger partial charge is 0.464 e. The van der Waals surface area contributed by atoms with Crippen LogP contribution in [0.2, 0.25) is 5.02 Å². The van der Waals surface area contributed by atoms with Crippen molar-refractivity contribution >= 4 is 27.7 Å². The summed E-state index contributed by atoms with van der Waals surface area (Å²) in [5.41, 5.74) is -0.224. The molecule has 1 aliphatic carbocycles. The van der Waals surface area contributed by atoms with Crippen LogP contribution in [0.3, 0.4) is 0 Å². The highest BCUT2D eigenvalue weighted by Crippen LogP contribution is 2.48. The van der Waals surface area contributed by atoms with Crippen LogP contribution < -0.4 is 5.32 Å². The van der Waals surface area contributed by atoms with E-state index in [0.29, 0.717) is 28.8 Å². The Bertz CT molecular complexity index is 664. The molecular formula is C13H15ClN2O4S. The maximum Gasteiger partial charge on any atom is 0.421 e. The zero-order chi connectivity index (χ0) is 15.3. The number of sulfonamides is 1. The minimum Gasteiger partial charge on any atom is -0.464 e. The number of carbonyl (C=O) groups is 1. The number of halogens is 1. The van der Waals surface area contributed by atoms with Crippen molar-refractivity contribution < 1.29 is 18.3 Å². The van der Waals surface area contributed by atoms with Gasteiger partial charge in [-0.2, -0.15) is 4.31 Å². The van der Waals surface area contributed by atoms with Crippen LogP contribution in [0.5, 0.6) is 0 Å². The fourth-order valence-corrected chi connectivity index (χ4v) is 4.73. The van der Waals surface area contributed by atoms with Crippen LogP contribution in [0, 0.1) is 5.41 Å². The second-order valence-electron chi connectivity index (χ2n) is 5.56. The van der Waals surface area contributed by atoms with Crippen molar-refractivity contribution in [3.05, 3.63) is 29.3 Å². The molecule has 1 atom stereocenters. The van der Waals surface area contributed by atoms with Gasteiger partial charge in [0.1, 0.15) is 0 Å². The average molecular weight is 331 g/mol. The van der Waals surface area contributed by atoms with E-state index < -0.39 is 22.2 Å². The van der Waals surface area contributed by atoms with Gasteiger partial charge >= 0.3 is 6.09 Å². The van der Waals surface area contributed by atoms with Gasteiger partial charge in [-0.15, -0.1) is 0 Å². The van der Waals surface area contributed by atoms with Crippen LogP contribution in [0.4, 0.5) is 4.79 Å². The van der Waals surface area contributed by atoms with Crippen LogP contribution in [-0.4, -0.2) is 43.1 Å². The number of nitrogens with zero attached hydrogens (tertiary/aromatic N) is 1. The Labute approximate surface area is 127 Å². The number of benzene rings is 1. The van der Waals surface area contributed by atoms with Crippen molar-refractivity contribution in [1.29, 1.82) is 0 Å². The topological polar surface area (TPSA) is 86.7 Å². The molecule has 0 aromatic heterocycles. The van der Waals surface area contributed by atoms with Gasteiger partial charge < -0.3 is 10.4 Å². The Kier molecular flexibility index (Phi) is 3.38. The van der Waals surface area contributed by atoms with Crippen LogP contribution in [-0.2, 0) is 10.0 Å². The molecule has 2 fully saturated rings. The van der Waals surface area contributed by atoms with Crippen molar-refractivity contribution in [1.82, 2.24) is 9.62 Å². The minimum atomic E-state index is -4.08. The Morgan fingerprint density at radius 1 is 1.33 bits per heavy atom. The van der Waals surface area contributed by atoms with Crippen LogP contribution in [0.15, 0.2) is 29.2 Å². The molecule has 2 aliphatic rings. The van der Waals surface area contributed by atoms with Gasteiger partial charge in [0, 0.05) is 23.5 Å². The van der Waals surface area contributed by atoms with Crippen molar-refractivity contribution in [3.63, 3.8) is 0 Å². The minimum absolute atomic E-state index is 0.0522. The maximum absolute atomic E-state index is 12.6. The van der Waals surface area contributed by atoms with Gasteiger partial charge in [-0.25, -0.2) is 13.2 Å². The predicted octanol–water partition coefficient (Wildman–Crippen LogP) is 1.76. The van der Waals surface area contributed by atoms with E-state index >= 15 is 0 Å². The van der Waals surface area contributed by atoms with Gasteiger partial charge in [-0.3, -0.25) is 0 Å². The summed E-state index contributed by atoms with van der Waals surface area (Å²) in [6, 6.07) is 5.05. The Morgan fingerprint density at radius 2 is 1.95 bits per heavy atom. The Morgan fingerprint density at radius 3 is 2.33 bits per heavy atom. The second-order valence-corrected chi connectivity index (χ2v) is 7.81. The first-order chi connectivity index (χ1) is 9.87. The Hall–Kier alpha value is -1.31. The summed E-state index contributed by atoms with van der Waals surface area (Å²) >= 11 is 5.75. The van der Waals surface area contributed by atoms with Gasteiger partial charge in [0.15, 0.2) is 0 Å². The van der Waals surface area contributed by atoms with Crippen LogP contribution >= 0.6 is 11.6 Å². The lowest BCUT2D eigenvalue weighted by atomic mass is 9.60. The number of nitrogens with one attached hydrogen (secondary N) is 1. The first-order valence-electron chi connectivity index (χ1n) is 6.60. The zero-order valence-corrected chi connectivity index (χ0v) is 12.7. The van der Waals surface area contributed by atoms with Crippen molar-refractivity contribution in [2.75, 3.05) is 13.1 Å². The van der Waals surface area contributed by atoms with E-state index in [1.165, 1.54) is 24.3 Å². The molecule has 1 saturated heterocycles. The molecule has 114 valence electrons. The third-order valence-corrected chi connectivity index (χ3v) is 6.47. The van der Waals surface area contributed by atoms with Gasteiger partial charge in [0.05, 0.1) is 10.9 Å². The molecule has 1 heterocycles. The number of carboxylic acid groups (broad SMARTS) is 1. The highest BCUT2D eigenvalue weighted by atomic mass is 35.5.